The van der Waals surface area contributed by atoms with Gasteiger partial charge in [0.25, 0.3) is 0 Å². The minimum atomic E-state index is 0.378. The lowest BCUT2D eigenvalue weighted by molar-refractivity contribution is 0.736. The normalized spacial score (nSPS) is 10.8. The zero-order valence-corrected chi connectivity index (χ0v) is 17.2. The summed E-state index contributed by atoms with van der Waals surface area (Å²) in [4.78, 5) is 14.6. The summed E-state index contributed by atoms with van der Waals surface area (Å²) in [7, 11) is 2.04. The van der Waals surface area contributed by atoms with Gasteiger partial charge in [0.15, 0.2) is 0 Å². The van der Waals surface area contributed by atoms with Crippen LogP contribution in [0.4, 0.5) is 5.95 Å². The Kier molecular flexibility index (Phi) is 5.05. The zero-order valence-electron chi connectivity index (χ0n) is 17.2. The highest BCUT2D eigenvalue weighted by atomic mass is 15.3. The number of benzene rings is 2. The van der Waals surface area contributed by atoms with Gasteiger partial charge in [0.1, 0.15) is 5.69 Å². The number of hydrogen-bond acceptors (Lipinski definition) is 3. The highest BCUT2D eigenvalue weighted by molar-refractivity contribution is 5.79. The molecule has 0 aliphatic rings. The smallest absolute Gasteiger partial charge is 0.203 e. The molecule has 1 N–H and O–H groups in total. The SMILES string of the molecule is Cc1ccc(-c2ccc(C#Cc3ccc4nc(N(C)C(C)C)[nH]c4c3)nc2)cc1. The largest absolute Gasteiger partial charge is 0.343 e. The highest BCUT2D eigenvalue weighted by Crippen LogP contribution is 2.20. The molecular formula is C25H24N4. The number of pyridine rings is 1. The fourth-order valence-corrected chi connectivity index (χ4v) is 3.01. The number of H-pyrrole nitrogens is 1. The molecule has 2 aromatic carbocycles. The fourth-order valence-electron chi connectivity index (χ4n) is 3.01. The van der Waals surface area contributed by atoms with Crippen molar-refractivity contribution in [2.75, 3.05) is 11.9 Å². The molecular weight excluding hydrogens is 356 g/mol. The van der Waals surface area contributed by atoms with Gasteiger partial charge in [-0.15, -0.1) is 0 Å². The van der Waals surface area contributed by atoms with Gasteiger partial charge in [0.05, 0.1) is 11.0 Å². The van der Waals surface area contributed by atoms with E-state index in [-0.39, 0.29) is 0 Å². The summed E-state index contributed by atoms with van der Waals surface area (Å²) >= 11 is 0. The van der Waals surface area contributed by atoms with Crippen LogP contribution < -0.4 is 4.90 Å². The third-order valence-corrected chi connectivity index (χ3v) is 5.06. The van der Waals surface area contributed by atoms with Crippen molar-refractivity contribution in [1.82, 2.24) is 15.0 Å². The van der Waals surface area contributed by atoms with Crippen LogP contribution in [0.5, 0.6) is 0 Å². The van der Waals surface area contributed by atoms with Gasteiger partial charge in [-0.3, -0.25) is 0 Å². The van der Waals surface area contributed by atoms with E-state index in [1.54, 1.807) is 0 Å². The molecule has 2 aromatic heterocycles. The number of imidazole rings is 1. The maximum atomic E-state index is 4.65. The van der Waals surface area contributed by atoms with Crippen LogP contribution in [-0.2, 0) is 0 Å². The van der Waals surface area contributed by atoms with Crippen molar-refractivity contribution in [3.8, 4) is 23.0 Å². The Morgan fingerprint density at radius 2 is 1.69 bits per heavy atom. The highest BCUT2D eigenvalue weighted by Gasteiger charge is 2.10. The number of aromatic amines is 1. The Bertz CT molecular complexity index is 1190. The Hall–Kier alpha value is -3.58. The summed E-state index contributed by atoms with van der Waals surface area (Å²) < 4.78 is 0. The summed E-state index contributed by atoms with van der Waals surface area (Å²) in [6, 6.07) is 18.9. The monoisotopic (exact) mass is 380 g/mol. The first-order chi connectivity index (χ1) is 14.0. The van der Waals surface area contributed by atoms with Gasteiger partial charge in [0, 0.05) is 30.4 Å². The fraction of sp³-hybridized carbons (Fsp3) is 0.200. The zero-order chi connectivity index (χ0) is 20.4. The van der Waals surface area contributed by atoms with Crippen molar-refractivity contribution < 1.29 is 0 Å². The first-order valence-electron chi connectivity index (χ1n) is 9.77. The number of fused-ring (bicyclic) bond motifs is 1. The molecule has 0 aliphatic carbocycles. The van der Waals surface area contributed by atoms with E-state index >= 15 is 0 Å². The second-order valence-electron chi connectivity index (χ2n) is 7.55. The van der Waals surface area contributed by atoms with E-state index in [1.165, 1.54) is 5.56 Å². The summed E-state index contributed by atoms with van der Waals surface area (Å²) in [5.41, 5.74) is 7.13. The molecule has 0 radical (unpaired) electrons. The molecule has 0 spiro atoms. The van der Waals surface area contributed by atoms with Gasteiger partial charge in [-0.1, -0.05) is 41.8 Å². The van der Waals surface area contributed by atoms with Crippen LogP contribution >= 0.6 is 0 Å². The number of rotatable bonds is 3. The Labute approximate surface area is 171 Å². The van der Waals surface area contributed by atoms with E-state index in [0.29, 0.717) is 6.04 Å². The quantitative estimate of drug-likeness (QED) is 0.498. The molecule has 0 atom stereocenters. The molecule has 4 heteroatoms. The number of aryl methyl sites for hydroxylation is 1. The first kappa shape index (κ1) is 18.8. The van der Waals surface area contributed by atoms with Gasteiger partial charge < -0.3 is 9.88 Å². The Morgan fingerprint density at radius 1 is 0.931 bits per heavy atom. The van der Waals surface area contributed by atoms with Crippen LogP contribution in [-0.4, -0.2) is 28.0 Å². The third-order valence-electron chi connectivity index (χ3n) is 5.06. The first-order valence-corrected chi connectivity index (χ1v) is 9.77. The molecule has 4 rings (SSSR count). The van der Waals surface area contributed by atoms with Crippen molar-refractivity contribution in [2.24, 2.45) is 0 Å². The molecule has 0 unspecified atom stereocenters. The second kappa shape index (κ2) is 7.81. The van der Waals surface area contributed by atoms with Crippen LogP contribution in [0.25, 0.3) is 22.2 Å². The van der Waals surface area contributed by atoms with Crippen LogP contribution in [0, 0.1) is 18.8 Å². The van der Waals surface area contributed by atoms with Crippen molar-refractivity contribution in [3.05, 3.63) is 77.6 Å². The number of aromatic nitrogens is 3. The molecule has 29 heavy (non-hydrogen) atoms. The van der Waals surface area contributed by atoms with E-state index in [1.807, 2.05) is 37.5 Å². The van der Waals surface area contributed by atoms with Crippen molar-refractivity contribution in [1.29, 1.82) is 0 Å². The minimum absolute atomic E-state index is 0.378. The summed E-state index contributed by atoms with van der Waals surface area (Å²) in [5, 5.41) is 0. The standard InChI is InChI=1S/C25H24N4/c1-17(2)29(4)25-27-23-14-8-19(15-24(23)28-25)7-12-22-13-11-21(16-26-22)20-9-5-18(3)6-10-20/h5-6,8-11,13-17H,1-4H3,(H,27,28). The van der Waals surface area contributed by atoms with Crippen LogP contribution in [0.3, 0.4) is 0 Å². The number of nitrogens with one attached hydrogen (secondary N) is 1. The number of nitrogens with zero attached hydrogens (tertiary/aromatic N) is 3. The number of hydrogen-bond donors (Lipinski definition) is 1. The van der Waals surface area contributed by atoms with E-state index in [4.69, 9.17) is 0 Å². The van der Waals surface area contributed by atoms with E-state index < -0.39 is 0 Å². The lowest BCUT2D eigenvalue weighted by Gasteiger charge is -2.19. The summed E-state index contributed by atoms with van der Waals surface area (Å²) in [6.07, 6.45) is 1.88. The molecule has 2 heterocycles. The van der Waals surface area contributed by atoms with E-state index in [0.717, 1.165) is 39.4 Å². The maximum Gasteiger partial charge on any atom is 0.203 e. The Morgan fingerprint density at radius 3 is 2.38 bits per heavy atom. The predicted octanol–water partition coefficient (Wildman–Crippen LogP) is 5.18. The minimum Gasteiger partial charge on any atom is -0.343 e. The predicted molar refractivity (Wildman–Crippen MR) is 120 cm³/mol. The topological polar surface area (TPSA) is 44.8 Å². The molecule has 4 nitrogen and oxygen atoms in total. The van der Waals surface area contributed by atoms with Gasteiger partial charge in [-0.2, -0.15) is 0 Å². The maximum absolute atomic E-state index is 4.65. The summed E-state index contributed by atoms with van der Waals surface area (Å²) in [6.45, 7) is 6.37. The van der Waals surface area contributed by atoms with Gasteiger partial charge in [-0.05, 0) is 56.5 Å². The van der Waals surface area contributed by atoms with Crippen LogP contribution in [0.1, 0.15) is 30.7 Å². The lowest BCUT2D eigenvalue weighted by Crippen LogP contribution is -2.26. The molecule has 0 bridgehead atoms. The van der Waals surface area contributed by atoms with Crippen LogP contribution in [0.15, 0.2) is 60.8 Å². The molecule has 4 aromatic rings. The average Bonchev–Trinajstić information content (AvgIpc) is 3.16. The molecule has 0 aliphatic heterocycles. The molecule has 0 fully saturated rings. The molecule has 144 valence electrons. The van der Waals surface area contributed by atoms with Gasteiger partial charge in [-0.25, -0.2) is 9.97 Å². The van der Waals surface area contributed by atoms with E-state index in [9.17, 15) is 0 Å². The second-order valence-corrected chi connectivity index (χ2v) is 7.55. The van der Waals surface area contributed by atoms with Crippen LogP contribution in [0.2, 0.25) is 0 Å². The van der Waals surface area contributed by atoms with Crippen molar-refractivity contribution >= 4 is 17.0 Å². The van der Waals surface area contributed by atoms with Crippen molar-refractivity contribution in [3.63, 3.8) is 0 Å². The van der Waals surface area contributed by atoms with Gasteiger partial charge in [0.2, 0.25) is 5.95 Å². The number of anilines is 1. The summed E-state index contributed by atoms with van der Waals surface area (Å²) in [5.74, 6) is 7.23. The molecule has 0 saturated heterocycles. The van der Waals surface area contributed by atoms with Gasteiger partial charge >= 0.3 is 0 Å². The third kappa shape index (κ3) is 4.14. The molecule has 0 amide bonds. The Balaban J connectivity index is 1.55. The van der Waals surface area contributed by atoms with E-state index in [2.05, 4.69) is 82.8 Å². The average molecular weight is 380 g/mol. The molecule has 0 saturated carbocycles. The van der Waals surface area contributed by atoms with Crippen molar-refractivity contribution in [2.45, 2.75) is 26.8 Å². The lowest BCUT2D eigenvalue weighted by atomic mass is 10.1.